The molecule has 238 valence electrons. The molecule has 1 saturated heterocycles. The van der Waals surface area contributed by atoms with Crippen LogP contribution in [0.15, 0.2) is 47.6 Å². The number of pyridine rings is 2. The van der Waals surface area contributed by atoms with E-state index >= 15 is 0 Å². The summed E-state index contributed by atoms with van der Waals surface area (Å²) in [4.78, 5) is 18.8. The zero-order valence-corrected chi connectivity index (χ0v) is 26.0. The number of benzene rings is 1. The molecule has 0 amide bonds. The monoisotopic (exact) mass is 662 g/mol. The van der Waals surface area contributed by atoms with Gasteiger partial charge in [0, 0.05) is 49.0 Å². The SMILES string of the molecule is Cc1cnc2c(c1)S(=O)(=O)N(Cc1cc([C@@H](CC(=O)O)c3ccn4c(C(F)(F)F)nnc4c3C)ccc1Cl)C[C@@H]1CCCCN21. The largest absolute Gasteiger partial charge is 0.481 e. The summed E-state index contributed by atoms with van der Waals surface area (Å²) in [5.74, 6) is -2.66. The lowest BCUT2D eigenvalue weighted by molar-refractivity contribution is -0.145. The van der Waals surface area contributed by atoms with E-state index in [-0.39, 0.29) is 36.1 Å². The lowest BCUT2D eigenvalue weighted by atomic mass is 9.86. The van der Waals surface area contributed by atoms with E-state index in [2.05, 4.69) is 20.1 Å². The highest BCUT2D eigenvalue weighted by Gasteiger charge is 2.40. The number of carboxylic acid groups (broad SMARTS) is 1. The molecule has 0 spiro atoms. The minimum atomic E-state index is -4.73. The Labute approximate surface area is 262 Å². The highest BCUT2D eigenvalue weighted by atomic mass is 35.5. The van der Waals surface area contributed by atoms with Gasteiger partial charge >= 0.3 is 12.1 Å². The zero-order chi connectivity index (χ0) is 32.3. The van der Waals surface area contributed by atoms with E-state index in [1.165, 1.54) is 16.6 Å². The van der Waals surface area contributed by atoms with Gasteiger partial charge in [0.1, 0.15) is 10.7 Å². The fourth-order valence-corrected chi connectivity index (χ4v) is 8.27. The van der Waals surface area contributed by atoms with Gasteiger partial charge in [0.25, 0.3) is 0 Å². The van der Waals surface area contributed by atoms with Crippen LogP contribution in [0.4, 0.5) is 19.0 Å². The molecule has 2 aliphatic rings. The molecule has 0 bridgehead atoms. The van der Waals surface area contributed by atoms with Crippen LogP contribution in [0.2, 0.25) is 5.02 Å². The maximum atomic E-state index is 14.1. The second-order valence-electron chi connectivity index (χ2n) is 11.6. The van der Waals surface area contributed by atoms with Crippen molar-refractivity contribution in [1.29, 1.82) is 0 Å². The fourth-order valence-electron chi connectivity index (χ4n) is 6.40. The maximum absolute atomic E-state index is 14.1. The summed E-state index contributed by atoms with van der Waals surface area (Å²) in [7, 11) is -3.99. The van der Waals surface area contributed by atoms with Crippen LogP contribution in [0.3, 0.4) is 0 Å². The summed E-state index contributed by atoms with van der Waals surface area (Å²) in [5, 5.41) is 17.2. The van der Waals surface area contributed by atoms with Crippen LogP contribution in [-0.2, 0) is 27.5 Å². The molecule has 2 atom stereocenters. The highest BCUT2D eigenvalue weighted by molar-refractivity contribution is 7.89. The predicted octanol–water partition coefficient (Wildman–Crippen LogP) is 5.58. The summed E-state index contributed by atoms with van der Waals surface area (Å²) < 4.78 is 70.8. The third-order valence-corrected chi connectivity index (χ3v) is 10.8. The molecule has 1 fully saturated rings. The van der Waals surface area contributed by atoms with Gasteiger partial charge in [-0.05, 0) is 79.1 Å². The first-order chi connectivity index (χ1) is 21.3. The summed E-state index contributed by atoms with van der Waals surface area (Å²) in [6, 6.07) is 7.91. The number of aromatic nitrogens is 4. The lowest BCUT2D eigenvalue weighted by Gasteiger charge is -2.36. The van der Waals surface area contributed by atoms with E-state index in [1.54, 1.807) is 44.3 Å². The zero-order valence-electron chi connectivity index (χ0n) is 24.4. The number of fused-ring (bicyclic) bond motifs is 4. The molecule has 3 aromatic heterocycles. The molecule has 0 radical (unpaired) electrons. The van der Waals surface area contributed by atoms with E-state index in [4.69, 9.17) is 11.6 Å². The van der Waals surface area contributed by atoms with Gasteiger partial charge in [0.2, 0.25) is 15.8 Å². The van der Waals surface area contributed by atoms with Crippen LogP contribution >= 0.6 is 11.6 Å². The summed E-state index contributed by atoms with van der Waals surface area (Å²) in [5.41, 5.74) is 2.46. The minimum absolute atomic E-state index is 0.0420. The summed E-state index contributed by atoms with van der Waals surface area (Å²) >= 11 is 6.63. The number of hydrogen-bond donors (Lipinski definition) is 1. The number of hydrogen-bond acceptors (Lipinski definition) is 7. The molecule has 5 heterocycles. The summed E-state index contributed by atoms with van der Waals surface area (Å²) in [6.07, 6.45) is 0.439. The number of nitrogens with zero attached hydrogens (tertiary/aromatic N) is 6. The van der Waals surface area contributed by atoms with Crippen molar-refractivity contribution < 1.29 is 31.5 Å². The number of piperidine rings is 1. The normalized spacial score (nSPS) is 19.2. The number of carboxylic acids is 1. The van der Waals surface area contributed by atoms with Gasteiger partial charge in [0.15, 0.2) is 5.65 Å². The van der Waals surface area contributed by atoms with Crippen molar-refractivity contribution in [2.45, 2.75) is 69.1 Å². The molecule has 45 heavy (non-hydrogen) atoms. The molecular weight excluding hydrogens is 633 g/mol. The molecule has 6 rings (SSSR count). The summed E-state index contributed by atoms with van der Waals surface area (Å²) in [6.45, 7) is 4.21. The van der Waals surface area contributed by atoms with Crippen molar-refractivity contribution in [2.75, 3.05) is 18.0 Å². The topological polar surface area (TPSA) is 121 Å². The smallest absolute Gasteiger partial charge is 0.452 e. The Kier molecular flexibility index (Phi) is 8.02. The molecular formula is C30H30ClF3N6O4S. The van der Waals surface area contributed by atoms with Crippen LogP contribution < -0.4 is 4.90 Å². The Balaban J connectivity index is 1.41. The number of sulfonamides is 1. The van der Waals surface area contributed by atoms with Gasteiger partial charge in [-0.15, -0.1) is 10.2 Å². The van der Waals surface area contributed by atoms with Crippen LogP contribution in [-0.4, -0.2) is 62.5 Å². The van der Waals surface area contributed by atoms with Crippen molar-refractivity contribution in [3.8, 4) is 0 Å². The average Bonchev–Trinajstić information content (AvgIpc) is 3.40. The fraction of sp³-hybridized carbons (Fsp3) is 0.400. The number of carbonyl (C=O) groups is 1. The second kappa shape index (κ2) is 11.6. The molecule has 1 aromatic carbocycles. The van der Waals surface area contributed by atoms with Crippen molar-refractivity contribution in [3.05, 3.63) is 81.4 Å². The molecule has 0 aliphatic carbocycles. The Morgan fingerprint density at radius 3 is 2.67 bits per heavy atom. The number of anilines is 1. The predicted molar refractivity (Wildman–Crippen MR) is 160 cm³/mol. The highest BCUT2D eigenvalue weighted by Crippen LogP contribution is 2.39. The van der Waals surface area contributed by atoms with Crippen LogP contribution in [0, 0.1) is 13.8 Å². The van der Waals surface area contributed by atoms with Gasteiger partial charge in [-0.2, -0.15) is 17.5 Å². The van der Waals surface area contributed by atoms with Gasteiger partial charge in [0.05, 0.1) is 6.42 Å². The number of aryl methyl sites for hydroxylation is 2. The Morgan fingerprint density at radius 1 is 1.16 bits per heavy atom. The Hall–Kier alpha value is -3.75. The van der Waals surface area contributed by atoms with Gasteiger partial charge in [-0.25, -0.2) is 13.4 Å². The Bertz CT molecular complexity index is 1920. The van der Waals surface area contributed by atoms with Gasteiger partial charge in [-0.1, -0.05) is 23.7 Å². The third kappa shape index (κ3) is 5.74. The van der Waals surface area contributed by atoms with Gasteiger partial charge < -0.3 is 10.0 Å². The third-order valence-electron chi connectivity index (χ3n) is 8.59. The first kappa shape index (κ1) is 31.2. The molecule has 4 aromatic rings. The van der Waals surface area contributed by atoms with Crippen LogP contribution in [0.5, 0.6) is 0 Å². The number of alkyl halides is 3. The standard InChI is InChI=1S/C30H30ClF3N6O4S/c1-17-11-25-28(35-14-17)39-9-4-3-5-21(39)16-38(45(25,43)44)15-20-12-19(6-7-24(20)31)23(13-26(41)42)22-8-10-40-27(18(22)2)36-37-29(40)30(32,33)34/h6-8,10-12,14,21,23H,3-5,9,13,15-16H2,1-2H3,(H,41,42)/t21-,23+/m0/s1. The molecule has 0 unspecified atom stereocenters. The molecule has 10 nitrogen and oxygen atoms in total. The molecule has 15 heteroatoms. The van der Waals surface area contributed by atoms with Gasteiger partial charge in [-0.3, -0.25) is 9.20 Å². The number of aliphatic carboxylic acids is 1. The van der Waals surface area contributed by atoms with Crippen LogP contribution in [0.1, 0.15) is 65.2 Å². The number of halogens is 4. The lowest BCUT2D eigenvalue weighted by Crippen LogP contribution is -2.45. The van der Waals surface area contributed by atoms with Crippen molar-refractivity contribution in [3.63, 3.8) is 0 Å². The van der Waals surface area contributed by atoms with Crippen molar-refractivity contribution >= 4 is 39.1 Å². The van der Waals surface area contributed by atoms with Crippen LogP contribution in [0.25, 0.3) is 5.65 Å². The average molecular weight is 663 g/mol. The van der Waals surface area contributed by atoms with E-state index in [0.29, 0.717) is 45.2 Å². The van der Waals surface area contributed by atoms with E-state index in [9.17, 15) is 31.5 Å². The van der Waals surface area contributed by atoms with E-state index in [0.717, 1.165) is 23.7 Å². The van der Waals surface area contributed by atoms with Crippen molar-refractivity contribution in [1.82, 2.24) is 23.9 Å². The quantitative estimate of drug-likeness (QED) is 0.284. The minimum Gasteiger partial charge on any atom is -0.481 e. The van der Waals surface area contributed by atoms with E-state index < -0.39 is 33.9 Å². The second-order valence-corrected chi connectivity index (χ2v) is 13.9. The molecule has 0 saturated carbocycles. The Morgan fingerprint density at radius 2 is 1.93 bits per heavy atom. The first-order valence-electron chi connectivity index (χ1n) is 14.4. The number of rotatable bonds is 6. The molecule has 1 N–H and O–H groups in total. The molecule has 2 aliphatic heterocycles. The van der Waals surface area contributed by atoms with Crippen molar-refractivity contribution in [2.24, 2.45) is 0 Å². The maximum Gasteiger partial charge on any atom is 0.452 e. The first-order valence-corrected chi connectivity index (χ1v) is 16.2. The van der Waals surface area contributed by atoms with E-state index in [1.807, 2.05) is 0 Å².